The van der Waals surface area contributed by atoms with Gasteiger partial charge in [0.15, 0.2) is 5.96 Å². The first kappa shape index (κ1) is 23.4. The summed E-state index contributed by atoms with van der Waals surface area (Å²) in [4.78, 5) is 18.2. The average Bonchev–Trinajstić information content (AvgIpc) is 2.71. The number of carbonyl (C=O) groups is 1. The lowest BCUT2D eigenvalue weighted by Gasteiger charge is -2.13. The van der Waals surface area contributed by atoms with Gasteiger partial charge in [-0.2, -0.15) is 0 Å². The fourth-order valence-electron chi connectivity index (χ4n) is 2.78. The maximum atomic E-state index is 12.1. The SMILES string of the molecule is CCNC(=NCc1cccc(S(N)(=O)=O)c1)NCCc1cccc(C(=O)N(C)C)c1. The van der Waals surface area contributed by atoms with E-state index in [0.29, 0.717) is 31.2 Å². The molecule has 4 N–H and O–H groups in total. The minimum absolute atomic E-state index is 0.0264. The molecule has 30 heavy (non-hydrogen) atoms. The molecule has 2 aromatic carbocycles. The Labute approximate surface area is 178 Å². The van der Waals surface area contributed by atoms with Crippen LogP contribution in [-0.2, 0) is 23.0 Å². The zero-order valence-electron chi connectivity index (χ0n) is 17.6. The predicted octanol–water partition coefficient (Wildman–Crippen LogP) is 1.33. The Kier molecular flexibility index (Phi) is 8.37. The molecule has 8 nitrogen and oxygen atoms in total. The first-order valence-electron chi connectivity index (χ1n) is 9.65. The third-order valence-corrected chi connectivity index (χ3v) is 5.19. The largest absolute Gasteiger partial charge is 0.357 e. The molecule has 0 aromatic heterocycles. The van der Waals surface area contributed by atoms with Crippen LogP contribution in [0.15, 0.2) is 58.4 Å². The topological polar surface area (TPSA) is 117 Å². The van der Waals surface area contributed by atoms with E-state index in [2.05, 4.69) is 15.6 Å². The monoisotopic (exact) mass is 431 g/mol. The molecule has 0 heterocycles. The van der Waals surface area contributed by atoms with Crippen molar-refractivity contribution in [2.75, 3.05) is 27.2 Å². The number of carbonyl (C=O) groups excluding carboxylic acids is 1. The zero-order chi connectivity index (χ0) is 22.1. The summed E-state index contributed by atoms with van der Waals surface area (Å²) in [5.41, 5.74) is 2.45. The van der Waals surface area contributed by atoms with Crippen LogP contribution in [0.5, 0.6) is 0 Å². The van der Waals surface area contributed by atoms with Crippen molar-refractivity contribution in [2.45, 2.75) is 24.8 Å². The number of guanidine groups is 1. The molecule has 0 aliphatic carbocycles. The van der Waals surface area contributed by atoms with E-state index in [0.717, 1.165) is 17.5 Å². The number of nitrogens with two attached hydrogens (primary N) is 1. The third kappa shape index (κ3) is 7.16. The number of aliphatic imine (C=N–C) groups is 1. The molecule has 2 aromatic rings. The minimum Gasteiger partial charge on any atom is -0.357 e. The van der Waals surface area contributed by atoms with Crippen molar-refractivity contribution in [3.63, 3.8) is 0 Å². The van der Waals surface area contributed by atoms with E-state index >= 15 is 0 Å². The molecule has 9 heteroatoms. The summed E-state index contributed by atoms with van der Waals surface area (Å²) in [7, 11) is -0.280. The minimum atomic E-state index is -3.74. The number of amides is 1. The van der Waals surface area contributed by atoms with E-state index in [9.17, 15) is 13.2 Å². The highest BCUT2D eigenvalue weighted by atomic mass is 32.2. The maximum Gasteiger partial charge on any atom is 0.253 e. The Bertz CT molecular complexity index is 1000. The fourth-order valence-corrected chi connectivity index (χ4v) is 3.36. The quantitative estimate of drug-likeness (QED) is 0.431. The molecule has 0 radical (unpaired) electrons. The molecule has 0 fully saturated rings. The lowest BCUT2D eigenvalue weighted by molar-refractivity contribution is 0.0827. The molecule has 0 saturated carbocycles. The molecule has 0 atom stereocenters. The molecule has 0 bridgehead atoms. The van der Waals surface area contributed by atoms with Gasteiger partial charge in [0.05, 0.1) is 11.4 Å². The second-order valence-corrected chi connectivity index (χ2v) is 8.53. The molecule has 0 saturated heterocycles. The van der Waals surface area contributed by atoms with Crippen LogP contribution < -0.4 is 15.8 Å². The summed E-state index contributed by atoms with van der Waals surface area (Å²) in [5.74, 6) is 0.598. The highest BCUT2D eigenvalue weighted by Gasteiger charge is 2.09. The van der Waals surface area contributed by atoms with E-state index in [1.807, 2.05) is 25.1 Å². The highest BCUT2D eigenvalue weighted by molar-refractivity contribution is 7.89. The van der Waals surface area contributed by atoms with Gasteiger partial charge in [-0.25, -0.2) is 18.5 Å². The Morgan fingerprint density at radius 3 is 2.43 bits per heavy atom. The smallest absolute Gasteiger partial charge is 0.253 e. The zero-order valence-corrected chi connectivity index (χ0v) is 18.4. The molecule has 0 aliphatic rings. The average molecular weight is 432 g/mol. The van der Waals surface area contributed by atoms with Crippen molar-refractivity contribution < 1.29 is 13.2 Å². The second kappa shape index (κ2) is 10.7. The molecule has 0 spiro atoms. The molecule has 0 unspecified atom stereocenters. The van der Waals surface area contributed by atoms with Crippen LogP contribution in [0, 0.1) is 0 Å². The van der Waals surface area contributed by atoms with Crippen LogP contribution in [0.2, 0.25) is 0 Å². The van der Waals surface area contributed by atoms with Crippen molar-refractivity contribution in [2.24, 2.45) is 10.1 Å². The number of sulfonamides is 1. The molecule has 162 valence electrons. The van der Waals surface area contributed by atoms with Crippen molar-refractivity contribution in [3.8, 4) is 0 Å². The van der Waals surface area contributed by atoms with Crippen LogP contribution in [0.4, 0.5) is 0 Å². The van der Waals surface area contributed by atoms with Crippen molar-refractivity contribution in [3.05, 3.63) is 65.2 Å². The van der Waals surface area contributed by atoms with Gasteiger partial charge in [-0.05, 0) is 48.7 Å². The van der Waals surface area contributed by atoms with Crippen LogP contribution in [0.3, 0.4) is 0 Å². The number of benzene rings is 2. The first-order chi connectivity index (χ1) is 14.2. The van der Waals surface area contributed by atoms with Gasteiger partial charge in [-0.1, -0.05) is 24.3 Å². The van der Waals surface area contributed by atoms with Crippen molar-refractivity contribution >= 4 is 21.9 Å². The summed E-state index contributed by atoms with van der Waals surface area (Å²) in [6.45, 7) is 3.60. The summed E-state index contributed by atoms with van der Waals surface area (Å²) in [5, 5.41) is 11.6. The maximum absolute atomic E-state index is 12.1. The van der Waals surface area contributed by atoms with Gasteiger partial charge in [0.2, 0.25) is 10.0 Å². The summed E-state index contributed by atoms with van der Waals surface area (Å²) in [6, 6.07) is 14.0. The van der Waals surface area contributed by atoms with Crippen molar-refractivity contribution in [1.82, 2.24) is 15.5 Å². The standard InChI is InChI=1S/C21H29N5O3S/c1-4-23-21(25-15-17-8-6-10-19(14-17)30(22,28)29)24-12-11-16-7-5-9-18(13-16)20(27)26(2)3/h5-10,13-14H,4,11-12,15H2,1-3H3,(H2,22,28,29)(H2,23,24,25). The van der Waals surface area contributed by atoms with Crippen LogP contribution in [0.25, 0.3) is 0 Å². The predicted molar refractivity (Wildman–Crippen MR) is 119 cm³/mol. The summed E-state index contributed by atoms with van der Waals surface area (Å²) < 4.78 is 23.0. The Morgan fingerprint density at radius 1 is 1.07 bits per heavy atom. The summed E-state index contributed by atoms with van der Waals surface area (Å²) in [6.07, 6.45) is 0.722. The Hall–Kier alpha value is -2.91. The second-order valence-electron chi connectivity index (χ2n) is 6.96. The highest BCUT2D eigenvalue weighted by Crippen LogP contribution is 2.11. The van der Waals surface area contributed by atoms with Crippen LogP contribution in [0.1, 0.15) is 28.4 Å². The molecule has 0 aliphatic heterocycles. The van der Waals surface area contributed by atoms with E-state index in [1.54, 1.807) is 37.2 Å². The normalized spacial score (nSPS) is 11.8. The fraction of sp³-hybridized carbons (Fsp3) is 0.333. The lowest BCUT2D eigenvalue weighted by Crippen LogP contribution is -2.38. The van der Waals surface area contributed by atoms with Gasteiger partial charge in [-0.15, -0.1) is 0 Å². The van der Waals surface area contributed by atoms with E-state index < -0.39 is 10.0 Å². The van der Waals surface area contributed by atoms with Gasteiger partial charge in [-0.3, -0.25) is 4.79 Å². The van der Waals surface area contributed by atoms with Gasteiger partial charge in [0.1, 0.15) is 0 Å². The Balaban J connectivity index is 2.00. The first-order valence-corrected chi connectivity index (χ1v) is 11.2. The van der Waals surface area contributed by atoms with Gasteiger partial charge in [0.25, 0.3) is 5.91 Å². The Morgan fingerprint density at radius 2 is 1.77 bits per heavy atom. The van der Waals surface area contributed by atoms with E-state index in [-0.39, 0.29) is 10.8 Å². The third-order valence-electron chi connectivity index (χ3n) is 4.28. The molecule has 1 amide bonds. The number of hydrogen-bond donors (Lipinski definition) is 3. The number of primary sulfonamides is 1. The van der Waals surface area contributed by atoms with Gasteiger partial charge < -0.3 is 15.5 Å². The molecular weight excluding hydrogens is 402 g/mol. The van der Waals surface area contributed by atoms with Gasteiger partial charge in [0, 0.05) is 32.7 Å². The number of nitrogens with one attached hydrogen (secondary N) is 2. The van der Waals surface area contributed by atoms with Gasteiger partial charge >= 0.3 is 0 Å². The number of nitrogens with zero attached hydrogens (tertiary/aromatic N) is 2. The van der Waals surface area contributed by atoms with Crippen molar-refractivity contribution in [1.29, 1.82) is 0 Å². The molecular formula is C21H29N5O3S. The van der Waals surface area contributed by atoms with Crippen LogP contribution >= 0.6 is 0 Å². The van der Waals surface area contributed by atoms with Crippen LogP contribution in [-0.4, -0.2) is 52.4 Å². The van der Waals surface area contributed by atoms with E-state index in [4.69, 9.17) is 5.14 Å². The number of hydrogen-bond acceptors (Lipinski definition) is 4. The number of rotatable bonds is 8. The lowest BCUT2D eigenvalue weighted by atomic mass is 10.1. The summed E-state index contributed by atoms with van der Waals surface area (Å²) >= 11 is 0. The molecule has 2 rings (SSSR count). The van der Waals surface area contributed by atoms with E-state index in [1.165, 1.54) is 12.1 Å².